The van der Waals surface area contributed by atoms with Gasteiger partial charge in [-0.1, -0.05) is 181 Å². The van der Waals surface area contributed by atoms with E-state index in [4.69, 9.17) is 25.5 Å². The quantitative estimate of drug-likeness (QED) is 0.0166. The SMILES string of the molecule is [C-]#[N+]/C(C#N)=C1/C(=C/c2cc3c(s2)C(c2ccc(OCC(CC)CCCC)cc2)(c2ccc(OCC(CC)CCCC)cc2)c2cc4c(cc2-3)C(c2ccc(OCC(CC)CCCC)cc2)(c2ccc(OCC(CC)CCCC)cc2)c2sc(/C=C3\C(=O)c5cc(F)c(F)cc5C3=C(C#N)C#N)cc2-4)C(=O)c2cc(F)c(F)cc21. The third kappa shape index (κ3) is 15.3. The predicted molar refractivity (Wildman–Crippen MR) is 447 cm³/mol. The number of benzene rings is 7. The van der Waals surface area contributed by atoms with E-state index in [1.54, 1.807) is 12.2 Å². The number of Topliss-reactive ketones (excluding diaryl/α,β-unsaturated/α-hetero) is 2. The Balaban J connectivity index is 1.12. The van der Waals surface area contributed by atoms with Gasteiger partial charge in [0.2, 0.25) is 0 Å². The van der Waals surface area contributed by atoms with E-state index in [1.807, 2.05) is 78.9 Å². The van der Waals surface area contributed by atoms with Gasteiger partial charge >= 0.3 is 0 Å². The van der Waals surface area contributed by atoms with Gasteiger partial charge in [-0.3, -0.25) is 9.59 Å². The second-order valence-corrected chi connectivity index (χ2v) is 32.7. The van der Waals surface area contributed by atoms with Crippen molar-refractivity contribution in [2.45, 2.75) is 169 Å². The Hall–Kier alpha value is -10.9. The van der Waals surface area contributed by atoms with Crippen molar-refractivity contribution < 1.29 is 46.1 Å². The van der Waals surface area contributed by atoms with Gasteiger partial charge in [0.05, 0.1) is 49.9 Å². The number of fused-ring (bicyclic) bond motifs is 8. The van der Waals surface area contributed by atoms with E-state index in [0.29, 0.717) is 82.9 Å². The molecule has 4 aliphatic carbocycles. The summed E-state index contributed by atoms with van der Waals surface area (Å²) >= 11 is 2.83. The van der Waals surface area contributed by atoms with E-state index < -0.39 is 56.9 Å². The lowest BCUT2D eigenvalue weighted by molar-refractivity contribution is 0.103. The van der Waals surface area contributed by atoms with Crippen LogP contribution in [0.15, 0.2) is 168 Å². The molecule has 114 heavy (non-hydrogen) atoms. The van der Waals surface area contributed by atoms with Crippen molar-refractivity contribution in [3.63, 3.8) is 0 Å². The lowest BCUT2D eigenvalue weighted by Crippen LogP contribution is -2.29. The number of rotatable bonds is 34. The van der Waals surface area contributed by atoms with E-state index in [2.05, 4.69) is 121 Å². The number of hydrogen-bond donors (Lipinski definition) is 0. The smallest absolute Gasteiger partial charge is 0.270 e. The number of thiophene rings is 2. The van der Waals surface area contributed by atoms with Crippen molar-refractivity contribution >= 4 is 57.5 Å². The Labute approximate surface area is 675 Å². The Bertz CT molecular complexity index is 4950. The van der Waals surface area contributed by atoms with Gasteiger partial charge in [-0.25, -0.2) is 27.7 Å². The van der Waals surface area contributed by atoms with E-state index in [-0.39, 0.29) is 44.5 Å². The first-order valence-corrected chi connectivity index (χ1v) is 42.1. The molecular weight excluding hydrogens is 1470 g/mol. The van der Waals surface area contributed by atoms with Crippen molar-refractivity contribution in [1.82, 2.24) is 0 Å². The number of nitrogens with zero attached hydrogens (tertiary/aromatic N) is 4. The van der Waals surface area contributed by atoms with Crippen LogP contribution < -0.4 is 18.9 Å². The van der Waals surface area contributed by atoms with E-state index in [9.17, 15) is 25.4 Å². The van der Waals surface area contributed by atoms with Gasteiger partial charge in [0.15, 0.2) is 34.8 Å². The summed E-state index contributed by atoms with van der Waals surface area (Å²) in [5.41, 5.74) is 4.29. The molecule has 0 spiro atoms. The number of hydrogen-bond acceptors (Lipinski definition) is 11. The summed E-state index contributed by atoms with van der Waals surface area (Å²) in [5, 5.41) is 31.7. The normalized spacial score (nSPS) is 17.7. The molecule has 0 saturated carbocycles. The molecule has 0 bridgehead atoms. The molecule has 0 radical (unpaired) electrons. The summed E-state index contributed by atoms with van der Waals surface area (Å²) in [7, 11) is 0. The maximum absolute atomic E-state index is 15.4. The van der Waals surface area contributed by atoms with Crippen molar-refractivity contribution in [3.8, 4) is 63.5 Å². The van der Waals surface area contributed by atoms with E-state index in [0.717, 1.165) is 192 Å². The topological polar surface area (TPSA) is 147 Å². The number of unbranched alkanes of at least 4 members (excludes halogenated alkanes) is 4. The minimum atomic E-state index is -1.25. The van der Waals surface area contributed by atoms with Gasteiger partial charge in [-0.2, -0.15) is 10.5 Å². The second kappa shape index (κ2) is 35.7. The Morgan fingerprint density at radius 1 is 0.412 bits per heavy atom. The molecule has 2 aromatic heterocycles. The molecule has 10 nitrogen and oxygen atoms in total. The summed E-state index contributed by atoms with van der Waals surface area (Å²) in [5.74, 6) is -2.22. The number of allylic oxidation sites excluding steroid dienone is 6. The molecule has 4 atom stereocenters. The molecule has 0 saturated heterocycles. The van der Waals surface area contributed by atoms with Crippen LogP contribution >= 0.6 is 22.7 Å². The molecule has 0 N–H and O–H groups in total. The second-order valence-electron chi connectivity index (χ2n) is 30.6. The molecule has 0 amide bonds. The van der Waals surface area contributed by atoms with Crippen LogP contribution in [0.4, 0.5) is 17.6 Å². The average Bonchev–Trinajstić information content (AvgIpc) is 1.50. The standard InChI is InChI=1S/C98H94F4N4O6S2/c1-10-18-22-59(14-5)55-109-68-34-26-64(27-35-68)97(65-28-36-69(37-29-65)110-56-60(15-6)23-19-11-2)84-47-75-81-43-73(45-83-92(90(54-105)106-9)77-49-87(100)89(102)51-79(77)94(83)108)114-96(81)98(66-30-38-70(39-31-66)111-57-61(16-7)24-20-12-3,67-32-40-71(41-33-67)112-58-62(17-8)25-21-13-4)85(75)46-74(84)80-42-72(113-95(80)97)44-82-91(63(52-103)53-104)76-48-86(99)88(101)50-78(76)93(82)107/h26-51,59-62H,10-25,55-58H2,1-8H3/b82-44-,83-45-,92-90+. The van der Waals surface area contributed by atoms with Crippen molar-refractivity contribution in [2.24, 2.45) is 23.7 Å². The van der Waals surface area contributed by atoms with Crippen LogP contribution in [0.1, 0.15) is 243 Å². The maximum atomic E-state index is 15.4. The molecule has 0 aliphatic heterocycles. The summed E-state index contributed by atoms with van der Waals surface area (Å²) in [6.07, 6.45) is 19.8. The molecule has 582 valence electrons. The van der Waals surface area contributed by atoms with Crippen LogP contribution in [0.25, 0.3) is 50.4 Å². The zero-order valence-corrected chi connectivity index (χ0v) is 67.7. The number of ketones is 2. The number of carbonyl (C=O) groups excluding carboxylic acids is 2. The zero-order valence-electron chi connectivity index (χ0n) is 66.0. The number of carbonyl (C=O) groups is 2. The highest BCUT2D eigenvalue weighted by Crippen LogP contribution is 2.66. The fourth-order valence-electron chi connectivity index (χ4n) is 17.0. The van der Waals surface area contributed by atoms with Crippen molar-refractivity contribution in [2.75, 3.05) is 26.4 Å². The lowest BCUT2D eigenvalue weighted by atomic mass is 9.68. The fraction of sp³-hybridized carbons (Fsp3) is 0.347. The molecule has 7 aromatic carbocycles. The average molecular weight is 1560 g/mol. The first-order chi connectivity index (χ1) is 55.4. The molecule has 4 unspecified atom stereocenters. The van der Waals surface area contributed by atoms with E-state index in [1.165, 1.54) is 22.7 Å². The van der Waals surface area contributed by atoms with Crippen molar-refractivity contribution in [3.05, 3.63) is 278 Å². The Morgan fingerprint density at radius 3 is 0.991 bits per heavy atom. The summed E-state index contributed by atoms with van der Waals surface area (Å²) in [6, 6.07) is 50.8. The lowest BCUT2D eigenvalue weighted by Gasteiger charge is -2.35. The van der Waals surface area contributed by atoms with Gasteiger partial charge in [-0.05, 0) is 225 Å². The monoisotopic (exact) mass is 1560 g/mol. The first-order valence-electron chi connectivity index (χ1n) is 40.4. The number of nitriles is 3. The zero-order chi connectivity index (χ0) is 80.5. The Kier molecular flexibility index (Phi) is 25.4. The van der Waals surface area contributed by atoms with Crippen LogP contribution in [-0.4, -0.2) is 38.0 Å². The summed E-state index contributed by atoms with van der Waals surface area (Å²) in [6.45, 7) is 27.8. The largest absolute Gasteiger partial charge is 0.493 e. The highest BCUT2D eigenvalue weighted by atomic mass is 32.1. The number of halogens is 4. The minimum Gasteiger partial charge on any atom is -0.493 e. The van der Waals surface area contributed by atoms with Gasteiger partial charge in [0.1, 0.15) is 40.7 Å². The van der Waals surface area contributed by atoms with Gasteiger partial charge < -0.3 is 18.9 Å². The fourth-order valence-corrected chi connectivity index (χ4v) is 19.7. The molecule has 4 aliphatic rings. The molecule has 0 fully saturated rings. The highest BCUT2D eigenvalue weighted by Gasteiger charge is 2.54. The van der Waals surface area contributed by atoms with Gasteiger partial charge in [0, 0.05) is 52.9 Å². The third-order valence-corrected chi connectivity index (χ3v) is 26.1. The molecule has 9 aromatic rings. The molecule has 2 heterocycles. The molecular formula is C98H94F4N4O6S2. The molecule has 13 rings (SSSR count). The van der Waals surface area contributed by atoms with Crippen LogP contribution in [0.5, 0.6) is 23.0 Å². The summed E-state index contributed by atoms with van der Waals surface area (Å²) in [4.78, 5) is 36.2. The van der Waals surface area contributed by atoms with Crippen LogP contribution in [0.3, 0.4) is 0 Å². The van der Waals surface area contributed by atoms with Crippen molar-refractivity contribution in [1.29, 1.82) is 15.8 Å². The van der Waals surface area contributed by atoms with E-state index >= 15 is 17.6 Å². The highest BCUT2D eigenvalue weighted by molar-refractivity contribution is 7.14. The molecule has 16 heteroatoms. The van der Waals surface area contributed by atoms with Gasteiger partial charge in [-0.15, -0.1) is 22.7 Å². The van der Waals surface area contributed by atoms with Crippen LogP contribution in [-0.2, 0) is 10.8 Å². The predicted octanol–water partition coefficient (Wildman–Crippen LogP) is 26.0. The van der Waals surface area contributed by atoms with Gasteiger partial charge in [0.25, 0.3) is 5.70 Å². The number of ether oxygens (including phenoxy) is 4. The minimum absolute atomic E-state index is 0.0544. The van der Waals surface area contributed by atoms with Crippen LogP contribution in [0, 0.1) is 87.5 Å². The summed E-state index contributed by atoms with van der Waals surface area (Å²) < 4.78 is 88.3. The third-order valence-electron chi connectivity index (χ3n) is 23.7. The first kappa shape index (κ1) is 81.1. The Morgan fingerprint density at radius 2 is 0.711 bits per heavy atom. The maximum Gasteiger partial charge on any atom is 0.270 e. The van der Waals surface area contributed by atoms with Crippen LogP contribution in [0.2, 0.25) is 0 Å².